The lowest BCUT2D eigenvalue weighted by Gasteiger charge is -2.33. The molecule has 33 heavy (non-hydrogen) atoms. The third-order valence-electron chi connectivity index (χ3n) is 6.03. The van der Waals surface area contributed by atoms with Crippen LogP contribution in [0.1, 0.15) is 25.0 Å². The van der Waals surface area contributed by atoms with Crippen LogP contribution in [0.15, 0.2) is 48.0 Å². The van der Waals surface area contributed by atoms with Crippen LogP contribution in [-0.4, -0.2) is 38.0 Å². The minimum Gasteiger partial charge on any atom is -0.469 e. The van der Waals surface area contributed by atoms with Gasteiger partial charge in [-0.3, -0.25) is 4.79 Å². The minimum absolute atomic E-state index is 0.00970. The monoisotopic (exact) mass is 481 g/mol. The van der Waals surface area contributed by atoms with E-state index in [2.05, 4.69) is 42.0 Å². The summed E-state index contributed by atoms with van der Waals surface area (Å²) in [6, 6.07) is 12.2. The van der Waals surface area contributed by atoms with Gasteiger partial charge in [0.2, 0.25) is 0 Å². The molecule has 5 nitrogen and oxygen atoms in total. The lowest BCUT2D eigenvalue weighted by Crippen LogP contribution is -2.47. The number of thiophene rings is 1. The minimum atomic E-state index is -0.393. The number of carbonyl (C=O) groups excluding carboxylic acids is 1. The van der Waals surface area contributed by atoms with E-state index in [-0.39, 0.29) is 17.8 Å². The van der Waals surface area contributed by atoms with Gasteiger partial charge in [-0.1, -0.05) is 37.6 Å². The molecule has 3 heterocycles. The maximum Gasteiger partial charge on any atom is 0.493 e. The number of hydrogen-bond donors (Lipinski definition) is 0. The number of nitrogens with zero attached hydrogens (tertiary/aromatic N) is 1. The highest BCUT2D eigenvalue weighted by Gasteiger charge is 2.33. The van der Waals surface area contributed by atoms with Crippen LogP contribution >= 0.6 is 22.9 Å². The van der Waals surface area contributed by atoms with Gasteiger partial charge in [0.25, 0.3) is 0 Å². The van der Waals surface area contributed by atoms with Crippen molar-refractivity contribution in [3.63, 3.8) is 0 Å². The first-order valence-electron chi connectivity index (χ1n) is 10.9. The van der Waals surface area contributed by atoms with Crippen molar-refractivity contribution in [2.75, 3.05) is 20.3 Å². The van der Waals surface area contributed by atoms with Crippen LogP contribution in [0, 0.1) is 5.41 Å². The first-order chi connectivity index (χ1) is 15.8. The first-order valence-corrected chi connectivity index (χ1v) is 12.2. The van der Waals surface area contributed by atoms with E-state index in [0.29, 0.717) is 19.8 Å². The molecule has 4 aromatic rings. The molecular formula is C25H25BClNO4S. The van der Waals surface area contributed by atoms with Crippen molar-refractivity contribution in [1.29, 1.82) is 0 Å². The van der Waals surface area contributed by atoms with Crippen LogP contribution in [-0.2, 0) is 31.8 Å². The quantitative estimate of drug-likeness (QED) is 0.296. The Morgan fingerprint density at radius 2 is 1.94 bits per heavy atom. The summed E-state index contributed by atoms with van der Waals surface area (Å²) in [6.45, 7) is 6.22. The van der Waals surface area contributed by atoms with E-state index in [1.807, 2.05) is 24.4 Å². The van der Waals surface area contributed by atoms with E-state index in [9.17, 15) is 4.79 Å². The van der Waals surface area contributed by atoms with Crippen molar-refractivity contribution >= 4 is 62.5 Å². The second-order valence-corrected chi connectivity index (χ2v) is 10.7. The number of methoxy groups -OCH3 is 1. The molecule has 0 saturated carbocycles. The fourth-order valence-electron chi connectivity index (χ4n) is 4.28. The zero-order valence-corrected chi connectivity index (χ0v) is 20.5. The second kappa shape index (κ2) is 8.80. The van der Waals surface area contributed by atoms with Crippen molar-refractivity contribution in [2.45, 2.75) is 26.8 Å². The number of hydrogen-bond acceptors (Lipinski definition) is 5. The van der Waals surface area contributed by atoms with Gasteiger partial charge in [-0.2, -0.15) is 0 Å². The molecule has 0 atom stereocenters. The van der Waals surface area contributed by atoms with Gasteiger partial charge in [0.1, 0.15) is 0 Å². The molecular weight excluding hydrogens is 457 g/mol. The molecule has 8 heteroatoms. The highest BCUT2D eigenvalue weighted by molar-refractivity contribution is 7.17. The van der Waals surface area contributed by atoms with Crippen LogP contribution in [0.3, 0.4) is 0 Å². The SMILES string of the molecule is COC(=O)Cc1cn(Cc2csc3ccc(Cl)cc23)c2cc(B3OCC(C)(C)CO3)ccc12. The lowest BCUT2D eigenvalue weighted by molar-refractivity contribution is -0.139. The number of fused-ring (bicyclic) bond motifs is 2. The van der Waals surface area contributed by atoms with Gasteiger partial charge in [0.15, 0.2) is 0 Å². The standard InChI is InChI=1S/C25H25BClNO4S/c1-25(2)14-31-26(32-15-25)18-4-6-20-16(8-24(29)30-3)11-28(22(20)9-18)12-17-13-33-23-7-5-19(27)10-21(17)23/h4-7,9-11,13H,8,12,14-15H2,1-3H3. The number of carbonyl (C=O) groups is 1. The molecule has 0 amide bonds. The van der Waals surface area contributed by atoms with Gasteiger partial charge in [0.05, 0.1) is 13.5 Å². The summed E-state index contributed by atoms with van der Waals surface area (Å²) >= 11 is 7.98. The zero-order valence-electron chi connectivity index (χ0n) is 18.9. The summed E-state index contributed by atoms with van der Waals surface area (Å²) in [7, 11) is 1.02. The lowest BCUT2D eigenvalue weighted by atomic mass is 9.75. The van der Waals surface area contributed by atoms with Crippen molar-refractivity contribution in [3.05, 3.63) is 64.1 Å². The molecule has 1 aliphatic heterocycles. The highest BCUT2D eigenvalue weighted by atomic mass is 35.5. The van der Waals surface area contributed by atoms with E-state index in [0.717, 1.165) is 32.3 Å². The number of aromatic nitrogens is 1. The van der Waals surface area contributed by atoms with E-state index in [1.165, 1.54) is 17.4 Å². The molecule has 0 radical (unpaired) electrons. The van der Waals surface area contributed by atoms with Gasteiger partial charge >= 0.3 is 13.1 Å². The molecule has 1 fully saturated rings. The summed E-state index contributed by atoms with van der Waals surface area (Å²) < 4.78 is 20.3. The number of ether oxygens (including phenoxy) is 1. The second-order valence-electron chi connectivity index (χ2n) is 9.33. The highest BCUT2D eigenvalue weighted by Crippen LogP contribution is 2.31. The fraction of sp³-hybridized carbons (Fsp3) is 0.320. The molecule has 170 valence electrons. The van der Waals surface area contributed by atoms with E-state index in [4.69, 9.17) is 25.6 Å². The summed E-state index contributed by atoms with van der Waals surface area (Å²) in [4.78, 5) is 12.1. The Balaban J connectivity index is 1.55. The van der Waals surface area contributed by atoms with Gasteiger partial charge in [-0.05, 0) is 51.6 Å². The van der Waals surface area contributed by atoms with Gasteiger partial charge in [-0.15, -0.1) is 11.3 Å². The van der Waals surface area contributed by atoms with Gasteiger partial charge in [-0.25, -0.2) is 0 Å². The first kappa shape index (κ1) is 22.5. The van der Waals surface area contributed by atoms with Crippen molar-refractivity contribution < 1.29 is 18.8 Å². The molecule has 0 unspecified atom stereocenters. The Morgan fingerprint density at radius 1 is 1.15 bits per heavy atom. The zero-order chi connectivity index (χ0) is 23.2. The normalized spacial score (nSPS) is 15.9. The molecule has 0 N–H and O–H groups in total. The molecule has 5 rings (SSSR count). The largest absolute Gasteiger partial charge is 0.493 e. The van der Waals surface area contributed by atoms with Crippen LogP contribution < -0.4 is 5.46 Å². The molecule has 2 aromatic heterocycles. The summed E-state index contributed by atoms with van der Waals surface area (Å²) in [5.41, 5.74) is 4.14. The van der Waals surface area contributed by atoms with Crippen LogP contribution in [0.2, 0.25) is 5.02 Å². The Labute approximate surface area is 202 Å². The van der Waals surface area contributed by atoms with Crippen molar-refractivity contribution in [3.8, 4) is 0 Å². The Morgan fingerprint density at radius 3 is 2.70 bits per heavy atom. The van der Waals surface area contributed by atoms with E-state index >= 15 is 0 Å². The average molecular weight is 482 g/mol. The van der Waals surface area contributed by atoms with E-state index < -0.39 is 7.12 Å². The smallest absolute Gasteiger partial charge is 0.469 e. The van der Waals surface area contributed by atoms with Gasteiger partial charge < -0.3 is 18.6 Å². The molecule has 0 bridgehead atoms. The average Bonchev–Trinajstić information content (AvgIpc) is 3.34. The predicted octanol–water partition coefficient (Wildman–Crippen LogP) is 5.04. The number of rotatable bonds is 5. The third-order valence-corrected chi connectivity index (χ3v) is 7.28. The van der Waals surface area contributed by atoms with Gasteiger partial charge in [0, 0.05) is 52.0 Å². The molecule has 0 aliphatic carbocycles. The molecule has 1 aliphatic rings. The maximum atomic E-state index is 12.1. The van der Waals surface area contributed by atoms with Crippen LogP contribution in [0.25, 0.3) is 21.0 Å². The maximum absolute atomic E-state index is 12.1. The third kappa shape index (κ3) is 4.55. The number of esters is 1. The van der Waals surface area contributed by atoms with Crippen molar-refractivity contribution in [1.82, 2.24) is 4.57 Å². The summed E-state index contributed by atoms with van der Waals surface area (Å²) in [5, 5.41) is 5.08. The topological polar surface area (TPSA) is 49.7 Å². The van der Waals surface area contributed by atoms with Crippen molar-refractivity contribution in [2.24, 2.45) is 5.41 Å². The van der Waals surface area contributed by atoms with E-state index in [1.54, 1.807) is 11.3 Å². The summed E-state index contributed by atoms with van der Waals surface area (Å²) in [5.74, 6) is -0.257. The molecule has 1 saturated heterocycles. The number of benzene rings is 2. The summed E-state index contributed by atoms with van der Waals surface area (Å²) in [6.07, 6.45) is 2.27. The predicted molar refractivity (Wildman–Crippen MR) is 135 cm³/mol. The van der Waals surface area contributed by atoms with Crippen LogP contribution in [0.5, 0.6) is 0 Å². The fourth-order valence-corrected chi connectivity index (χ4v) is 5.38. The van der Waals surface area contributed by atoms with Crippen LogP contribution in [0.4, 0.5) is 0 Å². The Hall–Kier alpha value is -2.32. The molecule has 2 aromatic carbocycles. The molecule has 0 spiro atoms. The number of halogens is 1. The Bertz CT molecular complexity index is 1340. The Kier molecular flexibility index (Phi) is 5.99.